The van der Waals surface area contributed by atoms with Crippen molar-refractivity contribution in [3.63, 3.8) is 0 Å². The molecule has 0 spiro atoms. The van der Waals surface area contributed by atoms with Crippen molar-refractivity contribution >= 4 is 22.8 Å². The molecule has 1 N–H and O–H groups in total. The van der Waals surface area contributed by atoms with E-state index in [4.69, 9.17) is 9.15 Å². The largest absolute Gasteiger partial charge is 0.550 e. The van der Waals surface area contributed by atoms with Gasteiger partial charge in [-0.3, -0.25) is 4.79 Å². The van der Waals surface area contributed by atoms with E-state index >= 15 is 0 Å². The lowest BCUT2D eigenvalue weighted by atomic mass is 10.0. The molecule has 1 aromatic heterocycles. The molecule has 0 unspecified atom stereocenters. The molecule has 0 aliphatic rings. The van der Waals surface area contributed by atoms with Crippen LogP contribution in [0.15, 0.2) is 21.3 Å². The normalized spacial score (nSPS) is 10.6. The number of carbonyl (C=O) groups excluding carboxylic acids is 2. The van der Waals surface area contributed by atoms with Crippen LogP contribution in [0.3, 0.4) is 0 Å². The Bertz CT molecular complexity index is 852. The van der Waals surface area contributed by atoms with Crippen LogP contribution in [0.25, 0.3) is 11.0 Å². The van der Waals surface area contributed by atoms with E-state index in [0.29, 0.717) is 22.5 Å². The average Bonchev–Trinajstić information content (AvgIpc) is 2.52. The van der Waals surface area contributed by atoms with Crippen LogP contribution in [0, 0.1) is 20.8 Å². The Morgan fingerprint density at radius 3 is 2.54 bits per heavy atom. The van der Waals surface area contributed by atoms with Gasteiger partial charge in [0.15, 0.2) is 6.61 Å². The van der Waals surface area contributed by atoms with Gasteiger partial charge in [-0.05, 0) is 38.5 Å². The number of carboxylic acid groups (broad SMARTS) is 1. The molecule has 24 heavy (non-hydrogen) atoms. The highest BCUT2D eigenvalue weighted by Crippen LogP contribution is 2.29. The second kappa shape index (κ2) is 7.16. The predicted octanol–water partition coefficient (Wildman–Crippen LogP) is 0.353. The van der Waals surface area contributed by atoms with E-state index in [9.17, 15) is 19.5 Å². The molecule has 0 saturated heterocycles. The minimum atomic E-state index is -1.23. The highest BCUT2D eigenvalue weighted by atomic mass is 16.5. The highest BCUT2D eigenvalue weighted by molar-refractivity contribution is 5.85. The summed E-state index contributed by atoms with van der Waals surface area (Å²) >= 11 is 0. The number of hydrogen-bond acceptors (Lipinski definition) is 6. The Balaban J connectivity index is 2.15. The SMILES string of the molecule is Cc1c(C)c2ccc(OCC(=O)NCCC(=O)[O-])c(C)c2oc1=O. The van der Waals surface area contributed by atoms with Crippen LogP contribution in [0.5, 0.6) is 5.75 Å². The minimum Gasteiger partial charge on any atom is -0.550 e. The predicted molar refractivity (Wildman–Crippen MR) is 84.8 cm³/mol. The number of carbonyl (C=O) groups is 2. The lowest BCUT2D eigenvalue weighted by Crippen LogP contribution is -2.33. The maximum absolute atomic E-state index is 11.8. The zero-order valence-electron chi connectivity index (χ0n) is 13.7. The molecule has 0 bridgehead atoms. The Morgan fingerprint density at radius 2 is 1.88 bits per heavy atom. The van der Waals surface area contributed by atoms with Gasteiger partial charge in [0.05, 0.1) is 0 Å². The first kappa shape index (κ1) is 17.5. The third-order valence-electron chi connectivity index (χ3n) is 3.83. The molecule has 1 aromatic carbocycles. The molecular weight excluding hydrogens is 314 g/mol. The van der Waals surface area contributed by atoms with Crippen molar-refractivity contribution in [1.29, 1.82) is 0 Å². The van der Waals surface area contributed by atoms with Crippen LogP contribution in [-0.4, -0.2) is 25.0 Å². The van der Waals surface area contributed by atoms with Crippen molar-refractivity contribution in [3.8, 4) is 5.75 Å². The molecule has 0 saturated carbocycles. The zero-order valence-corrected chi connectivity index (χ0v) is 13.7. The molecule has 0 aliphatic carbocycles. The van der Waals surface area contributed by atoms with Crippen molar-refractivity contribution < 1.29 is 23.8 Å². The molecule has 128 valence electrons. The molecule has 0 fully saturated rings. The van der Waals surface area contributed by atoms with E-state index in [2.05, 4.69) is 5.32 Å². The van der Waals surface area contributed by atoms with Gasteiger partial charge in [0.25, 0.3) is 5.91 Å². The lowest BCUT2D eigenvalue weighted by molar-refractivity contribution is -0.305. The Kier molecular flexibility index (Phi) is 5.23. The molecule has 1 heterocycles. The van der Waals surface area contributed by atoms with E-state index in [1.165, 1.54) is 0 Å². The molecule has 1 amide bonds. The van der Waals surface area contributed by atoms with Gasteiger partial charge in [-0.1, -0.05) is 0 Å². The van der Waals surface area contributed by atoms with Crippen molar-refractivity contribution in [2.45, 2.75) is 27.2 Å². The number of aliphatic carboxylic acids is 1. The minimum absolute atomic E-state index is 0.0193. The molecule has 2 aromatic rings. The van der Waals surface area contributed by atoms with E-state index < -0.39 is 17.5 Å². The summed E-state index contributed by atoms with van der Waals surface area (Å²) in [4.78, 5) is 33.7. The van der Waals surface area contributed by atoms with Gasteiger partial charge in [0.1, 0.15) is 11.3 Å². The van der Waals surface area contributed by atoms with Crippen molar-refractivity contribution in [2.75, 3.05) is 13.2 Å². The second-order valence-corrected chi connectivity index (χ2v) is 5.47. The molecule has 2 rings (SSSR count). The van der Waals surface area contributed by atoms with Crippen LogP contribution in [0.4, 0.5) is 0 Å². The fraction of sp³-hybridized carbons (Fsp3) is 0.353. The first-order valence-electron chi connectivity index (χ1n) is 7.44. The first-order valence-corrected chi connectivity index (χ1v) is 7.44. The van der Waals surface area contributed by atoms with E-state index in [-0.39, 0.29) is 19.6 Å². The molecule has 0 radical (unpaired) electrons. The summed E-state index contributed by atoms with van der Waals surface area (Å²) in [6, 6.07) is 3.48. The summed E-state index contributed by atoms with van der Waals surface area (Å²) in [5.74, 6) is -1.26. The molecule has 7 heteroatoms. The molecular formula is C17H18NO6-. The highest BCUT2D eigenvalue weighted by Gasteiger charge is 2.13. The van der Waals surface area contributed by atoms with Gasteiger partial charge in [0, 0.05) is 35.4 Å². The second-order valence-electron chi connectivity index (χ2n) is 5.47. The third-order valence-corrected chi connectivity index (χ3v) is 3.83. The Hall–Kier alpha value is -2.83. The van der Waals surface area contributed by atoms with Crippen molar-refractivity contribution in [3.05, 3.63) is 39.2 Å². The smallest absolute Gasteiger partial charge is 0.339 e. The summed E-state index contributed by atoms with van der Waals surface area (Å²) in [6.45, 7) is 5.00. The van der Waals surface area contributed by atoms with Crippen LogP contribution in [0.1, 0.15) is 23.1 Å². The maximum Gasteiger partial charge on any atom is 0.339 e. The molecule has 0 atom stereocenters. The number of hydrogen-bond donors (Lipinski definition) is 1. The number of ether oxygens (including phenoxy) is 1. The van der Waals surface area contributed by atoms with Gasteiger partial charge in [0.2, 0.25) is 0 Å². The standard InChI is InChI=1S/C17H19NO6/c1-9-10(2)17(22)24-16-11(3)13(5-4-12(9)16)23-8-14(19)18-7-6-15(20)21/h4-5H,6-8H2,1-3H3,(H,18,19)(H,20,21)/p-1. The topological polar surface area (TPSA) is 109 Å². The average molecular weight is 332 g/mol. The summed E-state index contributed by atoms with van der Waals surface area (Å²) in [7, 11) is 0. The number of fused-ring (bicyclic) bond motifs is 1. The first-order chi connectivity index (χ1) is 11.3. The third kappa shape index (κ3) is 3.73. The van der Waals surface area contributed by atoms with Crippen molar-refractivity contribution in [1.82, 2.24) is 5.32 Å². The van der Waals surface area contributed by atoms with Crippen LogP contribution >= 0.6 is 0 Å². The number of aryl methyl sites for hydroxylation is 2. The Morgan fingerprint density at radius 1 is 1.17 bits per heavy atom. The summed E-state index contributed by atoms with van der Waals surface area (Å²) < 4.78 is 10.8. The summed E-state index contributed by atoms with van der Waals surface area (Å²) in [5.41, 5.74) is 2.05. The number of benzene rings is 1. The number of carboxylic acids is 1. The number of nitrogens with one attached hydrogen (secondary N) is 1. The zero-order chi connectivity index (χ0) is 17.9. The van der Waals surface area contributed by atoms with Crippen LogP contribution < -0.4 is 20.8 Å². The van der Waals surface area contributed by atoms with Crippen molar-refractivity contribution in [2.24, 2.45) is 0 Å². The Labute approximate surface area is 138 Å². The maximum atomic E-state index is 11.8. The summed E-state index contributed by atoms with van der Waals surface area (Å²) in [5, 5.41) is 13.5. The van der Waals surface area contributed by atoms with Gasteiger partial charge < -0.3 is 24.4 Å². The fourth-order valence-electron chi connectivity index (χ4n) is 2.28. The van der Waals surface area contributed by atoms with Crippen LogP contribution in [0.2, 0.25) is 0 Å². The monoisotopic (exact) mass is 332 g/mol. The van der Waals surface area contributed by atoms with Gasteiger partial charge >= 0.3 is 5.63 Å². The van der Waals surface area contributed by atoms with E-state index in [0.717, 1.165) is 10.9 Å². The quantitative estimate of drug-likeness (QED) is 0.765. The van der Waals surface area contributed by atoms with E-state index in [1.807, 2.05) is 6.92 Å². The van der Waals surface area contributed by atoms with Gasteiger partial charge in [-0.15, -0.1) is 0 Å². The summed E-state index contributed by atoms with van der Waals surface area (Å²) in [6.07, 6.45) is -0.259. The fourth-order valence-corrected chi connectivity index (χ4v) is 2.28. The number of amides is 1. The number of rotatable bonds is 6. The molecule has 0 aliphatic heterocycles. The van der Waals surface area contributed by atoms with E-state index in [1.54, 1.807) is 26.0 Å². The molecule has 7 nitrogen and oxygen atoms in total. The van der Waals surface area contributed by atoms with Gasteiger partial charge in [-0.2, -0.15) is 0 Å². The lowest BCUT2D eigenvalue weighted by Gasteiger charge is -2.12. The van der Waals surface area contributed by atoms with Crippen LogP contribution in [-0.2, 0) is 9.59 Å². The van der Waals surface area contributed by atoms with Gasteiger partial charge in [-0.25, -0.2) is 4.79 Å².